The second kappa shape index (κ2) is 5.74. The van der Waals surface area contributed by atoms with Gasteiger partial charge in [-0.3, -0.25) is 5.32 Å². The Morgan fingerprint density at radius 1 is 1.35 bits per heavy atom. The quantitative estimate of drug-likeness (QED) is 0.751. The number of carbonyl (C=O) groups excluding carboxylic acids is 2. The molecular formula is C11H15N3O3. The van der Waals surface area contributed by atoms with Crippen LogP contribution in [0.2, 0.25) is 0 Å². The van der Waals surface area contributed by atoms with E-state index in [2.05, 4.69) is 10.6 Å². The minimum Gasteiger partial charge on any atom is -0.450 e. The molecule has 0 aliphatic rings. The van der Waals surface area contributed by atoms with E-state index in [1.54, 1.807) is 25.1 Å². The normalized spacial score (nSPS) is 9.53. The zero-order chi connectivity index (χ0) is 12.8. The van der Waals surface area contributed by atoms with E-state index in [1.807, 2.05) is 6.92 Å². The highest BCUT2D eigenvalue weighted by molar-refractivity contribution is 5.91. The minimum atomic E-state index is -0.651. The first-order valence-electron chi connectivity index (χ1n) is 5.13. The predicted molar refractivity (Wildman–Crippen MR) is 65.0 cm³/mol. The second-order valence-electron chi connectivity index (χ2n) is 3.36. The second-order valence-corrected chi connectivity index (χ2v) is 3.36. The third-order valence-electron chi connectivity index (χ3n) is 2.02. The highest BCUT2D eigenvalue weighted by atomic mass is 16.5. The van der Waals surface area contributed by atoms with Crippen LogP contribution in [0, 0.1) is 6.92 Å². The molecule has 0 saturated carbocycles. The standard InChI is InChI=1S/C11H15N3O3/c1-3-17-11(16)13-8-5-4-7(2)9(6-8)14-10(12)15/h4-6H,3H2,1-2H3,(H,13,16)(H3,12,14,15). The molecular weight excluding hydrogens is 222 g/mol. The zero-order valence-electron chi connectivity index (χ0n) is 9.74. The van der Waals surface area contributed by atoms with E-state index < -0.39 is 12.1 Å². The van der Waals surface area contributed by atoms with Gasteiger partial charge in [0.25, 0.3) is 0 Å². The predicted octanol–water partition coefficient (Wildman–Crippen LogP) is 2.05. The molecule has 0 aliphatic heterocycles. The summed E-state index contributed by atoms with van der Waals surface area (Å²) in [5, 5.41) is 5.00. The number of hydrogen-bond acceptors (Lipinski definition) is 3. The van der Waals surface area contributed by atoms with Crippen LogP contribution in [0.3, 0.4) is 0 Å². The molecule has 0 aromatic heterocycles. The molecule has 4 N–H and O–H groups in total. The van der Waals surface area contributed by atoms with Crippen molar-refractivity contribution in [3.63, 3.8) is 0 Å². The Kier molecular flexibility index (Phi) is 4.33. The Bertz CT molecular complexity index is 432. The first-order valence-corrected chi connectivity index (χ1v) is 5.13. The van der Waals surface area contributed by atoms with E-state index >= 15 is 0 Å². The highest BCUT2D eigenvalue weighted by Gasteiger charge is 2.05. The average Bonchev–Trinajstić information content (AvgIpc) is 2.22. The molecule has 0 heterocycles. The van der Waals surface area contributed by atoms with Crippen molar-refractivity contribution in [2.75, 3.05) is 17.2 Å². The summed E-state index contributed by atoms with van der Waals surface area (Å²) in [7, 11) is 0. The topological polar surface area (TPSA) is 93.4 Å². The Morgan fingerprint density at radius 2 is 2.06 bits per heavy atom. The number of anilines is 2. The van der Waals surface area contributed by atoms with Crippen LogP contribution in [0.1, 0.15) is 12.5 Å². The molecule has 0 fully saturated rings. The molecule has 0 saturated heterocycles. The number of aryl methyl sites for hydroxylation is 1. The van der Waals surface area contributed by atoms with Crippen LogP contribution < -0.4 is 16.4 Å². The number of rotatable bonds is 3. The molecule has 3 amide bonds. The van der Waals surface area contributed by atoms with Crippen LogP contribution in [0.25, 0.3) is 0 Å². The van der Waals surface area contributed by atoms with Gasteiger partial charge in [-0.1, -0.05) is 6.07 Å². The summed E-state index contributed by atoms with van der Waals surface area (Å²) in [4.78, 5) is 21.9. The summed E-state index contributed by atoms with van der Waals surface area (Å²) in [6, 6.07) is 4.42. The molecule has 1 rings (SSSR count). The van der Waals surface area contributed by atoms with Crippen molar-refractivity contribution in [3.8, 4) is 0 Å². The SMILES string of the molecule is CCOC(=O)Nc1ccc(C)c(NC(N)=O)c1. The summed E-state index contributed by atoms with van der Waals surface area (Å²) in [6.45, 7) is 3.83. The summed E-state index contributed by atoms with van der Waals surface area (Å²) in [5.74, 6) is 0. The lowest BCUT2D eigenvalue weighted by Gasteiger charge is -2.10. The van der Waals surface area contributed by atoms with Crippen molar-refractivity contribution in [1.29, 1.82) is 0 Å². The molecule has 17 heavy (non-hydrogen) atoms. The van der Waals surface area contributed by atoms with Gasteiger partial charge in [-0.25, -0.2) is 9.59 Å². The van der Waals surface area contributed by atoms with Gasteiger partial charge < -0.3 is 15.8 Å². The van der Waals surface area contributed by atoms with Crippen LogP contribution in [0.4, 0.5) is 21.0 Å². The highest BCUT2D eigenvalue weighted by Crippen LogP contribution is 2.20. The van der Waals surface area contributed by atoms with Gasteiger partial charge in [0.1, 0.15) is 0 Å². The van der Waals surface area contributed by atoms with Crippen molar-refractivity contribution in [2.45, 2.75) is 13.8 Å². The molecule has 0 unspecified atom stereocenters. The third kappa shape index (κ3) is 4.02. The number of nitrogens with two attached hydrogens (primary N) is 1. The van der Waals surface area contributed by atoms with Crippen molar-refractivity contribution >= 4 is 23.5 Å². The Balaban J connectivity index is 2.81. The molecule has 0 atom stereocenters. The van der Waals surface area contributed by atoms with Gasteiger partial charge in [0, 0.05) is 11.4 Å². The molecule has 1 aromatic rings. The fraction of sp³-hybridized carbons (Fsp3) is 0.273. The van der Waals surface area contributed by atoms with Gasteiger partial charge in [0.2, 0.25) is 0 Å². The van der Waals surface area contributed by atoms with Gasteiger partial charge in [-0.2, -0.15) is 0 Å². The van der Waals surface area contributed by atoms with Crippen molar-refractivity contribution in [3.05, 3.63) is 23.8 Å². The molecule has 0 bridgehead atoms. The monoisotopic (exact) mass is 237 g/mol. The zero-order valence-corrected chi connectivity index (χ0v) is 9.74. The van der Waals surface area contributed by atoms with E-state index in [-0.39, 0.29) is 0 Å². The molecule has 0 aliphatic carbocycles. The van der Waals surface area contributed by atoms with Gasteiger partial charge in [0.15, 0.2) is 0 Å². The van der Waals surface area contributed by atoms with Crippen LogP contribution in [0.5, 0.6) is 0 Å². The third-order valence-corrected chi connectivity index (χ3v) is 2.02. The molecule has 1 aromatic carbocycles. The number of primary amides is 1. The fourth-order valence-electron chi connectivity index (χ4n) is 1.25. The first-order chi connectivity index (χ1) is 8.02. The molecule has 6 nitrogen and oxygen atoms in total. The summed E-state index contributed by atoms with van der Waals surface area (Å²) < 4.78 is 4.73. The van der Waals surface area contributed by atoms with Gasteiger partial charge >= 0.3 is 12.1 Å². The summed E-state index contributed by atoms with van der Waals surface area (Å²) in [6.07, 6.45) is -0.540. The molecule has 0 spiro atoms. The van der Waals surface area contributed by atoms with E-state index in [0.29, 0.717) is 18.0 Å². The van der Waals surface area contributed by atoms with Crippen molar-refractivity contribution in [2.24, 2.45) is 5.73 Å². The van der Waals surface area contributed by atoms with E-state index in [0.717, 1.165) is 5.56 Å². The number of urea groups is 1. The summed E-state index contributed by atoms with van der Waals surface area (Å²) in [5.41, 5.74) is 6.95. The molecule has 92 valence electrons. The van der Waals surface area contributed by atoms with E-state index in [9.17, 15) is 9.59 Å². The first kappa shape index (κ1) is 12.8. The number of nitrogens with one attached hydrogen (secondary N) is 2. The Labute approximate surface area is 99.1 Å². The number of ether oxygens (including phenoxy) is 1. The van der Waals surface area contributed by atoms with Crippen LogP contribution >= 0.6 is 0 Å². The molecule has 6 heteroatoms. The lowest BCUT2D eigenvalue weighted by molar-refractivity contribution is 0.168. The maximum absolute atomic E-state index is 11.2. The Morgan fingerprint density at radius 3 is 2.65 bits per heavy atom. The van der Waals surface area contributed by atoms with Crippen molar-refractivity contribution < 1.29 is 14.3 Å². The number of benzene rings is 1. The van der Waals surface area contributed by atoms with Gasteiger partial charge in [-0.05, 0) is 31.5 Å². The number of carbonyl (C=O) groups is 2. The van der Waals surface area contributed by atoms with E-state index in [1.165, 1.54) is 0 Å². The lowest BCUT2D eigenvalue weighted by Crippen LogP contribution is -2.20. The lowest BCUT2D eigenvalue weighted by atomic mass is 10.2. The van der Waals surface area contributed by atoms with Crippen LogP contribution in [-0.4, -0.2) is 18.7 Å². The van der Waals surface area contributed by atoms with E-state index in [4.69, 9.17) is 10.5 Å². The van der Waals surface area contributed by atoms with Crippen LogP contribution in [-0.2, 0) is 4.74 Å². The Hall–Kier alpha value is -2.24. The smallest absolute Gasteiger partial charge is 0.411 e. The van der Waals surface area contributed by atoms with Crippen LogP contribution in [0.15, 0.2) is 18.2 Å². The van der Waals surface area contributed by atoms with Crippen molar-refractivity contribution in [1.82, 2.24) is 0 Å². The maximum Gasteiger partial charge on any atom is 0.411 e. The maximum atomic E-state index is 11.2. The largest absolute Gasteiger partial charge is 0.450 e. The number of amides is 3. The van der Waals surface area contributed by atoms with Gasteiger partial charge in [-0.15, -0.1) is 0 Å². The van der Waals surface area contributed by atoms with Gasteiger partial charge in [0.05, 0.1) is 6.61 Å². The minimum absolute atomic E-state index is 0.296. The summed E-state index contributed by atoms with van der Waals surface area (Å²) >= 11 is 0. The average molecular weight is 237 g/mol. The number of hydrogen-bond donors (Lipinski definition) is 3. The fourth-order valence-corrected chi connectivity index (χ4v) is 1.25. The molecule has 0 radical (unpaired) electrons.